The van der Waals surface area contributed by atoms with E-state index in [1.165, 1.54) is 50.6 Å². The van der Waals surface area contributed by atoms with Crippen molar-refractivity contribution in [2.45, 2.75) is 39.7 Å². The molecule has 2 nitrogen and oxygen atoms in total. The van der Waals surface area contributed by atoms with Crippen molar-refractivity contribution in [3.8, 4) is 11.1 Å². The van der Waals surface area contributed by atoms with Crippen LogP contribution in [0.4, 0.5) is 17.1 Å². The van der Waals surface area contributed by atoms with Gasteiger partial charge in [0.2, 0.25) is 0 Å². The Labute approximate surface area is 252 Å². The lowest BCUT2D eigenvalue weighted by atomic mass is 9.85. The summed E-state index contributed by atoms with van der Waals surface area (Å²) in [6, 6.07) is 39.3. The van der Waals surface area contributed by atoms with Crippen molar-refractivity contribution in [3.05, 3.63) is 157 Å². The summed E-state index contributed by atoms with van der Waals surface area (Å²) in [5, 5.41) is 0. The van der Waals surface area contributed by atoms with E-state index >= 15 is 0 Å². The van der Waals surface area contributed by atoms with Gasteiger partial charge in [-0.25, -0.2) is 0 Å². The Balaban J connectivity index is 0.00000173. The highest BCUT2D eigenvalue weighted by Crippen LogP contribution is 2.48. The molecule has 1 aliphatic heterocycles. The van der Waals surface area contributed by atoms with Gasteiger partial charge in [0, 0.05) is 35.7 Å². The SMILES string of the molecule is C=CC1C2=CCCC=C2N(c2ccc(-c3ccccc3)cc2)C1/C(=C\C)c1ccc(N(C)c2ccccc2)cc1.CC. The Bertz CT molecular complexity index is 1560. The van der Waals surface area contributed by atoms with Crippen LogP contribution in [0.15, 0.2) is 151 Å². The molecule has 0 bridgehead atoms. The zero-order valence-electron chi connectivity index (χ0n) is 25.4. The molecule has 4 aromatic carbocycles. The molecule has 0 radical (unpaired) electrons. The minimum atomic E-state index is 0.137. The maximum absolute atomic E-state index is 4.32. The van der Waals surface area contributed by atoms with Gasteiger partial charge in [-0.15, -0.1) is 6.58 Å². The largest absolute Gasteiger partial charge is 0.345 e. The van der Waals surface area contributed by atoms with Crippen molar-refractivity contribution in [1.82, 2.24) is 0 Å². The summed E-state index contributed by atoms with van der Waals surface area (Å²) in [6.45, 7) is 10.5. The normalized spacial score (nSPS) is 17.8. The molecule has 2 aliphatic rings. The van der Waals surface area contributed by atoms with E-state index in [9.17, 15) is 0 Å². The molecule has 0 aromatic heterocycles. The third-order valence-corrected chi connectivity index (χ3v) is 8.27. The van der Waals surface area contributed by atoms with Crippen LogP contribution in [-0.4, -0.2) is 13.1 Å². The van der Waals surface area contributed by atoms with E-state index in [1.807, 2.05) is 13.8 Å². The Morgan fingerprint density at radius 1 is 0.738 bits per heavy atom. The summed E-state index contributed by atoms with van der Waals surface area (Å²) in [4.78, 5) is 4.78. The molecular weight excluding hydrogens is 508 g/mol. The second-order valence-electron chi connectivity index (χ2n) is 10.5. The van der Waals surface area contributed by atoms with E-state index in [2.05, 4.69) is 164 Å². The van der Waals surface area contributed by atoms with Gasteiger partial charge in [0.25, 0.3) is 0 Å². The maximum Gasteiger partial charge on any atom is 0.0697 e. The summed E-state index contributed by atoms with van der Waals surface area (Å²) in [5.41, 5.74) is 11.3. The molecule has 2 heteroatoms. The summed E-state index contributed by atoms with van der Waals surface area (Å²) in [5.74, 6) is 0.221. The van der Waals surface area contributed by atoms with Crippen LogP contribution >= 0.6 is 0 Å². The first kappa shape index (κ1) is 29.0. The topological polar surface area (TPSA) is 6.48 Å². The predicted octanol–water partition coefficient (Wildman–Crippen LogP) is 10.8. The molecule has 1 aliphatic carbocycles. The number of para-hydroxylation sites is 1. The van der Waals surface area contributed by atoms with Gasteiger partial charge in [0.15, 0.2) is 0 Å². The van der Waals surface area contributed by atoms with E-state index in [0.29, 0.717) is 0 Å². The number of hydrogen-bond acceptors (Lipinski definition) is 2. The number of fused-ring (bicyclic) bond motifs is 1. The van der Waals surface area contributed by atoms with Crippen LogP contribution in [0.2, 0.25) is 0 Å². The van der Waals surface area contributed by atoms with Crippen molar-refractivity contribution < 1.29 is 0 Å². The van der Waals surface area contributed by atoms with Crippen molar-refractivity contribution >= 4 is 22.6 Å². The molecule has 2 atom stereocenters. The number of anilines is 3. The fourth-order valence-corrected chi connectivity index (χ4v) is 6.23. The molecule has 0 saturated carbocycles. The number of rotatable bonds is 7. The third-order valence-electron chi connectivity index (χ3n) is 8.27. The first-order valence-electron chi connectivity index (χ1n) is 15.2. The molecule has 1 heterocycles. The van der Waals surface area contributed by atoms with E-state index in [1.54, 1.807) is 0 Å². The minimum absolute atomic E-state index is 0.137. The zero-order chi connectivity index (χ0) is 29.5. The number of nitrogens with zero attached hydrogens (tertiary/aromatic N) is 2. The van der Waals surface area contributed by atoms with E-state index in [4.69, 9.17) is 0 Å². The summed E-state index contributed by atoms with van der Waals surface area (Å²) in [6.07, 6.45) is 11.4. The Morgan fingerprint density at radius 3 is 1.93 bits per heavy atom. The van der Waals surface area contributed by atoms with E-state index in [-0.39, 0.29) is 12.0 Å². The molecular formula is C40H42N2. The van der Waals surface area contributed by atoms with Gasteiger partial charge in [-0.2, -0.15) is 0 Å². The highest BCUT2D eigenvalue weighted by atomic mass is 15.2. The van der Waals surface area contributed by atoms with E-state index in [0.717, 1.165) is 12.8 Å². The monoisotopic (exact) mass is 550 g/mol. The highest BCUT2D eigenvalue weighted by molar-refractivity contribution is 5.82. The number of allylic oxidation sites excluding steroid dienone is 4. The number of benzene rings is 4. The molecule has 2 unspecified atom stereocenters. The van der Waals surface area contributed by atoms with Crippen molar-refractivity contribution in [2.75, 3.05) is 16.8 Å². The smallest absolute Gasteiger partial charge is 0.0697 e. The standard InChI is InChI=1S/C38H36N2.C2H6/c1-4-34(30-22-24-32(25-23-30)39(3)31-16-10-7-11-17-31)38-35(5-2)36-18-12-13-19-37(36)40(38)33-26-20-29(21-27-33)28-14-8-6-9-15-28;1-2/h4-11,14-27,35,38H,2,12-13H2,1,3H3;1-2H3/b34-4-;. The summed E-state index contributed by atoms with van der Waals surface area (Å²) in [7, 11) is 2.12. The van der Waals surface area contributed by atoms with Gasteiger partial charge in [0.1, 0.15) is 0 Å². The predicted molar refractivity (Wildman–Crippen MR) is 183 cm³/mol. The second-order valence-corrected chi connectivity index (χ2v) is 10.5. The summed E-state index contributed by atoms with van der Waals surface area (Å²) < 4.78 is 0. The fraction of sp³-hybridized carbons (Fsp3) is 0.200. The summed E-state index contributed by atoms with van der Waals surface area (Å²) >= 11 is 0. The molecule has 42 heavy (non-hydrogen) atoms. The molecule has 0 N–H and O–H groups in total. The van der Waals surface area contributed by atoms with Crippen LogP contribution in [-0.2, 0) is 0 Å². The van der Waals surface area contributed by atoms with Crippen LogP contribution in [0.1, 0.15) is 39.2 Å². The first-order chi connectivity index (χ1) is 20.7. The zero-order valence-corrected chi connectivity index (χ0v) is 25.4. The lowest BCUT2D eigenvalue weighted by Crippen LogP contribution is -2.32. The second kappa shape index (κ2) is 13.4. The molecule has 6 rings (SSSR count). The Hall–Kier alpha value is -4.56. The van der Waals surface area contributed by atoms with Crippen molar-refractivity contribution in [3.63, 3.8) is 0 Å². The minimum Gasteiger partial charge on any atom is -0.345 e. The molecule has 1 saturated heterocycles. The van der Waals surface area contributed by atoms with Crippen LogP contribution in [0.5, 0.6) is 0 Å². The van der Waals surface area contributed by atoms with Gasteiger partial charge in [0.05, 0.1) is 6.04 Å². The van der Waals surface area contributed by atoms with E-state index < -0.39 is 0 Å². The molecule has 4 aromatic rings. The van der Waals surface area contributed by atoms with Crippen LogP contribution in [0.3, 0.4) is 0 Å². The van der Waals surface area contributed by atoms with Gasteiger partial charge >= 0.3 is 0 Å². The fourth-order valence-electron chi connectivity index (χ4n) is 6.23. The average Bonchev–Trinajstić information content (AvgIpc) is 3.41. The Kier molecular flexibility index (Phi) is 9.24. The van der Waals surface area contributed by atoms with Gasteiger partial charge in [-0.05, 0) is 84.0 Å². The van der Waals surface area contributed by atoms with Gasteiger partial charge < -0.3 is 9.80 Å². The third kappa shape index (κ3) is 5.63. The lowest BCUT2D eigenvalue weighted by Gasteiger charge is -2.32. The van der Waals surface area contributed by atoms with Crippen LogP contribution in [0.25, 0.3) is 16.7 Å². The van der Waals surface area contributed by atoms with Crippen LogP contribution < -0.4 is 9.80 Å². The molecule has 212 valence electrons. The maximum atomic E-state index is 4.32. The molecule has 0 spiro atoms. The van der Waals surface area contributed by atoms with Crippen molar-refractivity contribution in [2.24, 2.45) is 5.92 Å². The first-order valence-corrected chi connectivity index (χ1v) is 15.2. The molecule has 0 amide bonds. The van der Waals surface area contributed by atoms with Gasteiger partial charge in [-0.3, -0.25) is 0 Å². The molecule has 1 fully saturated rings. The highest BCUT2D eigenvalue weighted by Gasteiger charge is 2.42. The average molecular weight is 551 g/mol. The van der Waals surface area contributed by atoms with Crippen molar-refractivity contribution in [1.29, 1.82) is 0 Å². The lowest BCUT2D eigenvalue weighted by molar-refractivity contribution is 0.724. The Morgan fingerprint density at radius 2 is 1.31 bits per heavy atom. The quantitative estimate of drug-likeness (QED) is 0.211. The van der Waals surface area contributed by atoms with Gasteiger partial charge in [-0.1, -0.05) is 111 Å². The number of hydrogen-bond donors (Lipinski definition) is 0. The van der Waals surface area contributed by atoms with Crippen LogP contribution in [0, 0.1) is 5.92 Å².